The van der Waals surface area contributed by atoms with Gasteiger partial charge in [0.1, 0.15) is 0 Å². The van der Waals surface area contributed by atoms with Crippen LogP contribution in [0.5, 0.6) is 0 Å². The van der Waals surface area contributed by atoms with E-state index in [1.807, 2.05) is 7.05 Å². The second-order valence-corrected chi connectivity index (χ2v) is 6.25. The molecule has 1 aromatic rings. The van der Waals surface area contributed by atoms with Crippen LogP contribution >= 0.6 is 11.3 Å². The molecule has 1 aromatic heterocycles. The number of hydrogen-bond acceptors (Lipinski definition) is 4. The van der Waals surface area contributed by atoms with Gasteiger partial charge in [-0.2, -0.15) is 0 Å². The molecule has 1 fully saturated rings. The second kappa shape index (κ2) is 6.64. The Morgan fingerprint density at radius 1 is 1.44 bits per heavy atom. The van der Waals surface area contributed by atoms with Crippen LogP contribution in [0.3, 0.4) is 0 Å². The van der Waals surface area contributed by atoms with Gasteiger partial charge < -0.3 is 10.1 Å². The van der Waals surface area contributed by atoms with Gasteiger partial charge in [0.15, 0.2) is 0 Å². The molecule has 2 atom stereocenters. The summed E-state index contributed by atoms with van der Waals surface area (Å²) in [5, 5.41) is 6.71. The lowest BCUT2D eigenvalue weighted by atomic mass is 9.92. The van der Waals surface area contributed by atoms with Crippen LogP contribution in [-0.2, 0) is 11.3 Å². The molecular weight excluding hydrogens is 244 g/mol. The predicted molar refractivity (Wildman–Crippen MR) is 76.1 cm³/mol. The van der Waals surface area contributed by atoms with Crippen molar-refractivity contribution in [2.45, 2.75) is 64.2 Å². The zero-order valence-electron chi connectivity index (χ0n) is 11.6. The molecule has 2 rings (SSSR count). The summed E-state index contributed by atoms with van der Waals surface area (Å²) in [7, 11) is 2.03. The number of nitrogens with one attached hydrogen (secondary N) is 1. The van der Waals surface area contributed by atoms with E-state index in [-0.39, 0.29) is 0 Å². The van der Waals surface area contributed by atoms with Crippen molar-refractivity contribution in [2.24, 2.45) is 0 Å². The van der Waals surface area contributed by atoms with Gasteiger partial charge in [-0.25, -0.2) is 4.98 Å². The predicted octanol–water partition coefficient (Wildman–Crippen LogP) is 3.31. The standard InChI is InChI=1S/C14H24N2OS/c1-10(2)14-16-11(9-18-14)8-17-13-7-5-4-6-12(13)15-3/h9-10,12-13,15H,4-8H2,1-3H3. The highest BCUT2D eigenvalue weighted by molar-refractivity contribution is 7.09. The van der Waals surface area contributed by atoms with Gasteiger partial charge in [0.2, 0.25) is 0 Å². The van der Waals surface area contributed by atoms with Gasteiger partial charge >= 0.3 is 0 Å². The number of nitrogens with zero attached hydrogens (tertiary/aromatic N) is 1. The van der Waals surface area contributed by atoms with Crippen LogP contribution in [0.1, 0.15) is 56.2 Å². The van der Waals surface area contributed by atoms with Crippen LogP contribution in [0.15, 0.2) is 5.38 Å². The van der Waals surface area contributed by atoms with Crippen LogP contribution < -0.4 is 5.32 Å². The van der Waals surface area contributed by atoms with Crippen molar-refractivity contribution < 1.29 is 4.74 Å². The molecule has 1 saturated carbocycles. The van der Waals surface area contributed by atoms with Gasteiger partial charge in [0, 0.05) is 17.3 Å². The largest absolute Gasteiger partial charge is 0.370 e. The number of hydrogen-bond donors (Lipinski definition) is 1. The van der Waals surface area contributed by atoms with Crippen molar-refractivity contribution in [3.8, 4) is 0 Å². The molecule has 1 heterocycles. The van der Waals surface area contributed by atoms with E-state index in [2.05, 4.69) is 29.5 Å². The molecule has 0 aromatic carbocycles. The van der Waals surface area contributed by atoms with Crippen LogP contribution in [0, 0.1) is 0 Å². The molecule has 0 spiro atoms. The fraction of sp³-hybridized carbons (Fsp3) is 0.786. The Kier molecular flexibility index (Phi) is 5.15. The number of rotatable bonds is 5. The molecule has 3 nitrogen and oxygen atoms in total. The van der Waals surface area contributed by atoms with E-state index in [0.29, 0.717) is 24.7 Å². The lowest BCUT2D eigenvalue weighted by Crippen LogP contribution is -2.41. The molecule has 1 N–H and O–H groups in total. The van der Waals surface area contributed by atoms with Gasteiger partial charge in [0.25, 0.3) is 0 Å². The first-order valence-corrected chi connectivity index (χ1v) is 7.82. The number of likely N-dealkylation sites (N-methyl/N-ethyl adjacent to an activating group) is 1. The van der Waals surface area contributed by atoms with Crippen molar-refractivity contribution in [1.82, 2.24) is 10.3 Å². The lowest BCUT2D eigenvalue weighted by molar-refractivity contribution is -0.00486. The fourth-order valence-electron chi connectivity index (χ4n) is 2.47. The number of aromatic nitrogens is 1. The molecule has 102 valence electrons. The second-order valence-electron chi connectivity index (χ2n) is 5.36. The molecular formula is C14H24N2OS. The average Bonchev–Trinajstić information content (AvgIpc) is 2.85. The highest BCUT2D eigenvalue weighted by Gasteiger charge is 2.24. The van der Waals surface area contributed by atoms with Crippen LogP contribution in [0.25, 0.3) is 0 Å². The molecule has 0 amide bonds. The average molecular weight is 268 g/mol. The highest BCUT2D eigenvalue weighted by Crippen LogP contribution is 2.23. The van der Waals surface area contributed by atoms with Gasteiger partial charge in [-0.3, -0.25) is 0 Å². The van der Waals surface area contributed by atoms with E-state index in [4.69, 9.17) is 4.74 Å². The minimum absolute atomic E-state index is 0.355. The zero-order chi connectivity index (χ0) is 13.0. The highest BCUT2D eigenvalue weighted by atomic mass is 32.1. The maximum Gasteiger partial charge on any atom is 0.0954 e. The third kappa shape index (κ3) is 3.53. The summed E-state index contributed by atoms with van der Waals surface area (Å²) in [6.07, 6.45) is 5.37. The first-order chi connectivity index (χ1) is 8.70. The molecule has 1 aliphatic carbocycles. The quantitative estimate of drug-likeness (QED) is 0.889. The molecule has 0 radical (unpaired) electrons. The molecule has 0 bridgehead atoms. The summed E-state index contributed by atoms with van der Waals surface area (Å²) in [6, 6.07) is 0.516. The fourth-order valence-corrected chi connectivity index (χ4v) is 3.29. The van der Waals surface area contributed by atoms with E-state index in [9.17, 15) is 0 Å². The minimum Gasteiger partial charge on any atom is -0.370 e. The first-order valence-electron chi connectivity index (χ1n) is 6.94. The summed E-state index contributed by atoms with van der Waals surface area (Å²) >= 11 is 1.74. The molecule has 4 heteroatoms. The summed E-state index contributed by atoms with van der Waals surface area (Å²) in [5.41, 5.74) is 1.09. The van der Waals surface area contributed by atoms with Gasteiger partial charge in [0.05, 0.1) is 23.4 Å². The SMILES string of the molecule is CNC1CCCCC1OCc1csc(C(C)C)n1. The third-order valence-electron chi connectivity index (χ3n) is 3.58. The van der Waals surface area contributed by atoms with E-state index in [1.54, 1.807) is 11.3 Å². The Balaban J connectivity index is 1.85. The summed E-state index contributed by atoms with van der Waals surface area (Å²) < 4.78 is 6.05. The van der Waals surface area contributed by atoms with Gasteiger partial charge in [-0.05, 0) is 19.9 Å². The normalized spacial score (nSPS) is 24.7. The van der Waals surface area contributed by atoms with Crippen molar-refractivity contribution in [1.29, 1.82) is 0 Å². The van der Waals surface area contributed by atoms with Crippen molar-refractivity contribution in [3.05, 3.63) is 16.1 Å². The Morgan fingerprint density at radius 2 is 2.22 bits per heavy atom. The van der Waals surface area contributed by atoms with Crippen LogP contribution in [-0.4, -0.2) is 24.2 Å². The smallest absolute Gasteiger partial charge is 0.0954 e. The van der Waals surface area contributed by atoms with E-state index < -0.39 is 0 Å². The Hall–Kier alpha value is -0.450. The summed E-state index contributed by atoms with van der Waals surface area (Å²) in [6.45, 7) is 5.02. The topological polar surface area (TPSA) is 34.1 Å². The maximum atomic E-state index is 6.05. The van der Waals surface area contributed by atoms with Crippen molar-refractivity contribution in [2.75, 3.05) is 7.05 Å². The molecule has 2 unspecified atom stereocenters. The molecule has 0 aliphatic heterocycles. The minimum atomic E-state index is 0.355. The Bertz CT molecular complexity index is 364. The monoisotopic (exact) mass is 268 g/mol. The van der Waals surface area contributed by atoms with E-state index >= 15 is 0 Å². The zero-order valence-corrected chi connectivity index (χ0v) is 12.4. The summed E-state index contributed by atoms with van der Waals surface area (Å²) in [4.78, 5) is 4.62. The van der Waals surface area contributed by atoms with Crippen molar-refractivity contribution in [3.63, 3.8) is 0 Å². The van der Waals surface area contributed by atoms with Gasteiger partial charge in [-0.1, -0.05) is 26.7 Å². The molecule has 0 saturated heterocycles. The molecule has 1 aliphatic rings. The third-order valence-corrected chi connectivity index (χ3v) is 4.78. The number of thiazole rings is 1. The van der Waals surface area contributed by atoms with Crippen molar-refractivity contribution >= 4 is 11.3 Å². The number of ether oxygens (including phenoxy) is 1. The summed E-state index contributed by atoms with van der Waals surface area (Å²) in [5.74, 6) is 0.517. The lowest BCUT2D eigenvalue weighted by Gasteiger charge is -2.31. The first kappa shape index (κ1) is 14.0. The van der Waals surface area contributed by atoms with Gasteiger partial charge in [-0.15, -0.1) is 11.3 Å². The van der Waals surface area contributed by atoms with Crippen LogP contribution in [0.2, 0.25) is 0 Å². The van der Waals surface area contributed by atoms with E-state index in [0.717, 1.165) is 5.69 Å². The molecule has 18 heavy (non-hydrogen) atoms. The Labute approximate surface area is 114 Å². The van der Waals surface area contributed by atoms with E-state index in [1.165, 1.54) is 30.7 Å². The van der Waals surface area contributed by atoms with Crippen LogP contribution in [0.4, 0.5) is 0 Å². The maximum absolute atomic E-state index is 6.05. The Morgan fingerprint density at radius 3 is 2.89 bits per heavy atom.